The van der Waals surface area contributed by atoms with Gasteiger partial charge in [-0.2, -0.15) is 11.8 Å². The zero-order valence-electron chi connectivity index (χ0n) is 11.6. The van der Waals surface area contributed by atoms with Crippen molar-refractivity contribution in [3.63, 3.8) is 0 Å². The van der Waals surface area contributed by atoms with Crippen LogP contribution in [0.15, 0.2) is 18.2 Å². The Bertz CT molecular complexity index is 413. The van der Waals surface area contributed by atoms with Gasteiger partial charge in [0.15, 0.2) is 0 Å². The number of thioether (sulfide) groups is 1. The molecule has 0 radical (unpaired) electrons. The first-order valence-corrected chi connectivity index (χ1v) is 8.55. The van der Waals surface area contributed by atoms with E-state index in [4.69, 9.17) is 16.3 Å². The Morgan fingerprint density at radius 1 is 1.42 bits per heavy atom. The number of halogens is 1. The third-order valence-electron chi connectivity index (χ3n) is 3.38. The molecule has 2 atom stereocenters. The van der Waals surface area contributed by atoms with Gasteiger partial charge in [-0.3, -0.25) is 0 Å². The van der Waals surface area contributed by atoms with Crippen molar-refractivity contribution in [2.45, 2.75) is 38.8 Å². The Hall–Kier alpha value is -0.380. The van der Waals surface area contributed by atoms with Crippen molar-refractivity contribution in [3.05, 3.63) is 28.8 Å². The fraction of sp³-hybridized carbons (Fsp3) is 0.600. The van der Waals surface area contributed by atoms with E-state index < -0.39 is 0 Å². The van der Waals surface area contributed by atoms with Gasteiger partial charge < -0.3 is 10.1 Å². The van der Waals surface area contributed by atoms with Crippen LogP contribution in [0.3, 0.4) is 0 Å². The summed E-state index contributed by atoms with van der Waals surface area (Å²) in [7, 11) is 0. The van der Waals surface area contributed by atoms with Crippen LogP contribution >= 0.6 is 23.4 Å². The van der Waals surface area contributed by atoms with Crippen LogP contribution in [0.25, 0.3) is 0 Å². The van der Waals surface area contributed by atoms with E-state index in [9.17, 15) is 0 Å². The first-order valence-electron chi connectivity index (χ1n) is 7.01. The summed E-state index contributed by atoms with van der Waals surface area (Å²) in [5, 5.41) is 4.33. The van der Waals surface area contributed by atoms with E-state index >= 15 is 0 Å². The summed E-state index contributed by atoms with van der Waals surface area (Å²) in [6, 6.07) is 6.30. The molecule has 0 bridgehead atoms. The number of rotatable bonds is 6. The first-order chi connectivity index (χ1) is 9.24. The molecule has 0 fully saturated rings. The molecule has 4 heteroatoms. The van der Waals surface area contributed by atoms with Crippen LogP contribution in [-0.2, 0) is 0 Å². The van der Waals surface area contributed by atoms with E-state index in [0.717, 1.165) is 30.2 Å². The van der Waals surface area contributed by atoms with Crippen LogP contribution < -0.4 is 10.1 Å². The molecule has 2 unspecified atom stereocenters. The van der Waals surface area contributed by atoms with Crippen LogP contribution in [-0.4, -0.2) is 24.2 Å². The van der Waals surface area contributed by atoms with Crippen LogP contribution in [0.4, 0.5) is 0 Å². The quantitative estimate of drug-likeness (QED) is 0.792. The molecule has 0 saturated carbocycles. The molecule has 106 valence electrons. The van der Waals surface area contributed by atoms with Gasteiger partial charge in [-0.05, 0) is 42.7 Å². The van der Waals surface area contributed by atoms with Gasteiger partial charge in [0.05, 0.1) is 0 Å². The minimum Gasteiger partial charge on any atom is -0.490 e. The first kappa shape index (κ1) is 15.0. The number of hydrogen-bond acceptors (Lipinski definition) is 3. The Balaban J connectivity index is 2.09. The smallest absolute Gasteiger partial charge is 0.124 e. The lowest BCUT2D eigenvalue weighted by Gasteiger charge is -2.33. The monoisotopic (exact) mass is 299 g/mol. The lowest BCUT2D eigenvalue weighted by atomic mass is 9.95. The summed E-state index contributed by atoms with van der Waals surface area (Å²) < 4.78 is 6.10. The van der Waals surface area contributed by atoms with E-state index in [0.29, 0.717) is 12.1 Å². The molecule has 1 aromatic carbocycles. The fourth-order valence-corrected chi connectivity index (χ4v) is 3.39. The lowest BCUT2D eigenvalue weighted by Crippen LogP contribution is -2.33. The number of nitrogens with one attached hydrogen (secondary N) is 1. The van der Waals surface area contributed by atoms with Crippen molar-refractivity contribution >= 4 is 23.4 Å². The molecule has 0 aromatic heterocycles. The standard InChI is InChI=1S/C15H22ClNOS/c1-3-17-14-10-12(7-8-19-4-2)18-15-6-5-11(16)9-13(14)15/h5-6,9,12,14,17H,3-4,7-8,10H2,1-2H3. The summed E-state index contributed by atoms with van der Waals surface area (Å²) in [5.41, 5.74) is 1.20. The zero-order chi connectivity index (χ0) is 13.7. The van der Waals surface area contributed by atoms with Crippen molar-refractivity contribution in [3.8, 4) is 5.75 Å². The Morgan fingerprint density at radius 3 is 3.00 bits per heavy atom. The second-order valence-electron chi connectivity index (χ2n) is 4.75. The van der Waals surface area contributed by atoms with Crippen LogP contribution in [0.5, 0.6) is 5.75 Å². The highest BCUT2D eigenvalue weighted by Gasteiger charge is 2.27. The second kappa shape index (κ2) is 7.41. The van der Waals surface area contributed by atoms with Gasteiger partial charge in [0.1, 0.15) is 11.9 Å². The molecular formula is C15H22ClNOS. The predicted molar refractivity (Wildman–Crippen MR) is 84.5 cm³/mol. The Labute approximate surface area is 125 Å². The molecule has 1 aliphatic rings. The van der Waals surface area contributed by atoms with Gasteiger partial charge in [0, 0.05) is 23.0 Å². The fourth-order valence-electron chi connectivity index (χ4n) is 2.49. The normalized spacial score (nSPS) is 21.8. The van der Waals surface area contributed by atoms with Crippen molar-refractivity contribution in [2.75, 3.05) is 18.1 Å². The average molecular weight is 300 g/mol. The minimum atomic E-state index is 0.316. The number of ether oxygens (including phenoxy) is 1. The Kier molecular flexibility index (Phi) is 5.86. The van der Waals surface area contributed by atoms with Gasteiger partial charge in [0.25, 0.3) is 0 Å². The van der Waals surface area contributed by atoms with Crippen molar-refractivity contribution < 1.29 is 4.74 Å². The maximum atomic E-state index is 6.10. The topological polar surface area (TPSA) is 21.3 Å². The van der Waals surface area contributed by atoms with E-state index in [-0.39, 0.29) is 0 Å². The molecule has 1 heterocycles. The molecule has 2 nitrogen and oxygen atoms in total. The van der Waals surface area contributed by atoms with Crippen LogP contribution in [0.1, 0.15) is 38.3 Å². The second-order valence-corrected chi connectivity index (χ2v) is 6.58. The maximum Gasteiger partial charge on any atom is 0.124 e. The molecule has 19 heavy (non-hydrogen) atoms. The lowest BCUT2D eigenvalue weighted by molar-refractivity contribution is 0.147. The van der Waals surface area contributed by atoms with Crippen LogP contribution in [0.2, 0.25) is 5.02 Å². The highest BCUT2D eigenvalue weighted by molar-refractivity contribution is 7.99. The van der Waals surface area contributed by atoms with Gasteiger partial charge >= 0.3 is 0 Å². The summed E-state index contributed by atoms with van der Waals surface area (Å²) in [6.45, 7) is 5.31. The van der Waals surface area contributed by atoms with Gasteiger partial charge in [-0.25, -0.2) is 0 Å². The molecule has 1 N–H and O–H groups in total. The summed E-state index contributed by atoms with van der Waals surface area (Å²) in [6.07, 6.45) is 2.46. The molecule has 1 aliphatic heterocycles. The van der Waals surface area contributed by atoms with E-state index in [2.05, 4.69) is 19.2 Å². The molecular weight excluding hydrogens is 278 g/mol. The molecule has 1 aromatic rings. The SMILES string of the molecule is CCNC1CC(CCSCC)Oc2ccc(Cl)cc21. The van der Waals surface area contributed by atoms with E-state index in [1.54, 1.807) is 0 Å². The van der Waals surface area contributed by atoms with E-state index in [1.165, 1.54) is 17.1 Å². The predicted octanol–water partition coefficient (Wildman–Crippen LogP) is 4.28. The third-order valence-corrected chi connectivity index (χ3v) is 4.55. The molecule has 2 rings (SSSR count). The largest absolute Gasteiger partial charge is 0.490 e. The number of fused-ring (bicyclic) bond motifs is 1. The van der Waals surface area contributed by atoms with Gasteiger partial charge in [-0.1, -0.05) is 25.4 Å². The average Bonchev–Trinajstić information content (AvgIpc) is 2.40. The molecule has 0 aliphatic carbocycles. The highest BCUT2D eigenvalue weighted by Crippen LogP contribution is 2.37. The molecule has 0 saturated heterocycles. The Morgan fingerprint density at radius 2 is 2.26 bits per heavy atom. The summed E-state index contributed by atoms with van der Waals surface area (Å²) in [5.74, 6) is 3.34. The number of hydrogen-bond donors (Lipinski definition) is 1. The highest BCUT2D eigenvalue weighted by atomic mass is 35.5. The van der Waals surface area contributed by atoms with Crippen molar-refractivity contribution in [1.82, 2.24) is 5.32 Å². The molecule has 0 spiro atoms. The summed E-state index contributed by atoms with van der Waals surface area (Å²) >= 11 is 8.07. The number of benzene rings is 1. The van der Waals surface area contributed by atoms with Crippen LogP contribution in [0, 0.1) is 0 Å². The van der Waals surface area contributed by atoms with Gasteiger partial charge in [-0.15, -0.1) is 0 Å². The van der Waals surface area contributed by atoms with E-state index in [1.807, 2.05) is 30.0 Å². The van der Waals surface area contributed by atoms with Crippen molar-refractivity contribution in [2.24, 2.45) is 0 Å². The van der Waals surface area contributed by atoms with Crippen molar-refractivity contribution in [1.29, 1.82) is 0 Å². The zero-order valence-corrected chi connectivity index (χ0v) is 13.2. The third kappa shape index (κ3) is 4.04. The summed E-state index contributed by atoms with van der Waals surface area (Å²) in [4.78, 5) is 0. The molecule has 0 amide bonds. The van der Waals surface area contributed by atoms with Gasteiger partial charge in [0.2, 0.25) is 0 Å². The minimum absolute atomic E-state index is 0.316. The maximum absolute atomic E-state index is 6.10.